The maximum absolute atomic E-state index is 13.0. The van der Waals surface area contributed by atoms with Crippen LogP contribution >= 0.6 is 23.2 Å². The number of nitrogens with zero attached hydrogens (tertiary/aromatic N) is 1. The number of rotatable bonds is 3. The van der Waals surface area contributed by atoms with Crippen molar-refractivity contribution in [1.82, 2.24) is 4.31 Å². The number of piperidine rings is 1. The number of benzene rings is 1. The molecule has 1 aromatic rings. The van der Waals surface area contributed by atoms with Gasteiger partial charge in [0.25, 0.3) is 0 Å². The van der Waals surface area contributed by atoms with E-state index in [2.05, 4.69) is 0 Å². The molecule has 4 nitrogen and oxygen atoms in total. The Labute approximate surface area is 135 Å². The molecule has 1 N–H and O–H groups in total. The second-order valence-electron chi connectivity index (χ2n) is 5.39. The van der Waals surface area contributed by atoms with E-state index < -0.39 is 16.1 Å². The van der Waals surface area contributed by atoms with Crippen LogP contribution in [-0.2, 0) is 10.0 Å². The normalized spacial score (nSPS) is 20.7. The lowest BCUT2D eigenvalue weighted by molar-refractivity contribution is 0.155. The molecule has 0 radical (unpaired) electrons. The number of sulfonamides is 1. The molecule has 2 rings (SSSR count). The van der Waals surface area contributed by atoms with Crippen LogP contribution in [0.2, 0.25) is 10.0 Å². The topological polar surface area (TPSA) is 57.6 Å². The molecule has 1 aliphatic heterocycles. The zero-order valence-corrected chi connectivity index (χ0v) is 14.4. The standard InChI is InChI=1S/C14H19Cl2NO3S/c1-9-7-12(15)10(2)14(13(9)16)21(19,20)17-6-4-3-5-11(17)8-18/h7,11,18H,3-6,8H2,1-2H3. The van der Waals surface area contributed by atoms with E-state index in [4.69, 9.17) is 23.2 Å². The largest absolute Gasteiger partial charge is 0.395 e. The molecule has 1 saturated heterocycles. The van der Waals surface area contributed by atoms with Gasteiger partial charge < -0.3 is 5.11 Å². The van der Waals surface area contributed by atoms with E-state index in [1.165, 1.54) is 4.31 Å². The number of aryl methyl sites for hydroxylation is 1. The minimum atomic E-state index is -3.77. The molecule has 1 atom stereocenters. The fraction of sp³-hybridized carbons (Fsp3) is 0.571. The predicted octanol–water partition coefficient (Wildman–Crippen LogP) is 3.15. The first-order valence-corrected chi connectivity index (χ1v) is 9.08. The van der Waals surface area contributed by atoms with Crippen molar-refractivity contribution >= 4 is 33.2 Å². The van der Waals surface area contributed by atoms with Crippen LogP contribution in [0.5, 0.6) is 0 Å². The summed E-state index contributed by atoms with van der Waals surface area (Å²) in [6.45, 7) is 3.59. The predicted molar refractivity (Wildman–Crippen MR) is 84.6 cm³/mol. The van der Waals surface area contributed by atoms with Crippen LogP contribution < -0.4 is 0 Å². The summed E-state index contributed by atoms with van der Waals surface area (Å²) in [5.74, 6) is 0. The molecule has 0 aromatic heterocycles. The van der Waals surface area contributed by atoms with Gasteiger partial charge in [0.05, 0.1) is 11.6 Å². The minimum Gasteiger partial charge on any atom is -0.395 e. The maximum Gasteiger partial charge on any atom is 0.245 e. The lowest BCUT2D eigenvalue weighted by Gasteiger charge is -2.34. The molecule has 1 fully saturated rings. The molecule has 21 heavy (non-hydrogen) atoms. The van der Waals surface area contributed by atoms with Crippen molar-refractivity contribution in [2.45, 2.75) is 44.0 Å². The third-order valence-electron chi connectivity index (χ3n) is 3.94. The third-order valence-corrected chi connectivity index (χ3v) is 7.05. The van der Waals surface area contributed by atoms with Crippen LogP contribution in [0, 0.1) is 13.8 Å². The molecule has 0 aliphatic carbocycles. The first-order valence-electron chi connectivity index (χ1n) is 6.88. The van der Waals surface area contributed by atoms with Crippen molar-refractivity contribution in [2.24, 2.45) is 0 Å². The van der Waals surface area contributed by atoms with E-state index in [1.807, 2.05) is 0 Å². The molecule has 1 heterocycles. The lowest BCUT2D eigenvalue weighted by atomic mass is 10.1. The zero-order chi connectivity index (χ0) is 15.8. The van der Waals surface area contributed by atoms with Crippen LogP contribution in [-0.4, -0.2) is 37.0 Å². The Morgan fingerprint density at radius 1 is 1.33 bits per heavy atom. The molecular weight excluding hydrogens is 333 g/mol. The van der Waals surface area contributed by atoms with Crippen molar-refractivity contribution in [1.29, 1.82) is 0 Å². The maximum atomic E-state index is 13.0. The average Bonchev–Trinajstić information content (AvgIpc) is 2.45. The molecule has 1 aliphatic rings. The molecule has 0 amide bonds. The van der Waals surface area contributed by atoms with E-state index in [1.54, 1.807) is 19.9 Å². The quantitative estimate of drug-likeness (QED) is 0.909. The second kappa shape index (κ2) is 6.42. The van der Waals surface area contributed by atoms with Gasteiger partial charge in [-0.1, -0.05) is 29.6 Å². The van der Waals surface area contributed by atoms with E-state index in [0.29, 0.717) is 29.1 Å². The number of halogens is 2. The molecular formula is C14H19Cl2NO3S. The SMILES string of the molecule is Cc1cc(Cl)c(C)c(S(=O)(=O)N2CCCCC2CO)c1Cl. The van der Waals surface area contributed by atoms with Gasteiger partial charge in [-0.05, 0) is 43.9 Å². The smallest absolute Gasteiger partial charge is 0.245 e. The van der Waals surface area contributed by atoms with Crippen LogP contribution in [0.4, 0.5) is 0 Å². The molecule has 0 bridgehead atoms. The summed E-state index contributed by atoms with van der Waals surface area (Å²) in [6, 6.07) is 1.27. The van der Waals surface area contributed by atoms with Crippen LogP contribution in [0.1, 0.15) is 30.4 Å². The molecule has 1 aromatic carbocycles. The summed E-state index contributed by atoms with van der Waals surface area (Å²) in [4.78, 5) is 0.0644. The van der Waals surface area contributed by atoms with Gasteiger partial charge in [0, 0.05) is 17.6 Å². The van der Waals surface area contributed by atoms with Crippen molar-refractivity contribution in [3.8, 4) is 0 Å². The Balaban J connectivity index is 2.59. The fourth-order valence-corrected chi connectivity index (χ4v) is 5.57. The summed E-state index contributed by atoms with van der Waals surface area (Å²) in [7, 11) is -3.77. The summed E-state index contributed by atoms with van der Waals surface area (Å²) >= 11 is 12.4. The highest BCUT2D eigenvalue weighted by atomic mass is 35.5. The highest BCUT2D eigenvalue weighted by molar-refractivity contribution is 7.89. The highest BCUT2D eigenvalue weighted by Crippen LogP contribution is 2.36. The molecule has 0 spiro atoms. The monoisotopic (exact) mass is 351 g/mol. The van der Waals surface area contributed by atoms with Gasteiger partial charge in [-0.3, -0.25) is 0 Å². The second-order valence-corrected chi connectivity index (χ2v) is 8.00. The Bertz CT molecular complexity index is 620. The van der Waals surface area contributed by atoms with Gasteiger partial charge in [-0.2, -0.15) is 4.31 Å². The van der Waals surface area contributed by atoms with E-state index in [0.717, 1.165) is 12.8 Å². The number of aliphatic hydroxyl groups is 1. The molecule has 7 heteroatoms. The van der Waals surface area contributed by atoms with Crippen LogP contribution in [0.25, 0.3) is 0 Å². The van der Waals surface area contributed by atoms with Gasteiger partial charge in [-0.25, -0.2) is 8.42 Å². The van der Waals surface area contributed by atoms with E-state index >= 15 is 0 Å². The van der Waals surface area contributed by atoms with Gasteiger partial charge in [-0.15, -0.1) is 0 Å². The van der Waals surface area contributed by atoms with E-state index in [-0.39, 0.29) is 16.5 Å². The Hall–Kier alpha value is -0.330. The molecule has 1 unspecified atom stereocenters. The zero-order valence-electron chi connectivity index (χ0n) is 12.1. The van der Waals surface area contributed by atoms with Crippen molar-refractivity contribution in [2.75, 3.05) is 13.2 Å². The van der Waals surface area contributed by atoms with Gasteiger partial charge >= 0.3 is 0 Å². The Morgan fingerprint density at radius 3 is 2.62 bits per heavy atom. The Kier molecular flexibility index (Phi) is 5.21. The summed E-state index contributed by atoms with van der Waals surface area (Å²) in [5, 5.41) is 10.0. The van der Waals surface area contributed by atoms with Crippen LogP contribution in [0.3, 0.4) is 0 Å². The first kappa shape index (κ1) is 17.0. The van der Waals surface area contributed by atoms with Gasteiger partial charge in [0.15, 0.2) is 0 Å². The summed E-state index contributed by atoms with van der Waals surface area (Å²) in [5.41, 5.74) is 1.08. The van der Waals surface area contributed by atoms with Crippen molar-refractivity contribution < 1.29 is 13.5 Å². The molecule has 118 valence electrons. The fourth-order valence-electron chi connectivity index (χ4n) is 2.71. The first-order chi connectivity index (χ1) is 9.80. The third kappa shape index (κ3) is 3.08. The number of hydrogen-bond acceptors (Lipinski definition) is 3. The summed E-state index contributed by atoms with van der Waals surface area (Å²) < 4.78 is 27.3. The van der Waals surface area contributed by atoms with E-state index in [9.17, 15) is 13.5 Å². The molecule has 0 saturated carbocycles. The van der Waals surface area contributed by atoms with Gasteiger partial charge in [0.2, 0.25) is 10.0 Å². The van der Waals surface area contributed by atoms with Crippen molar-refractivity contribution in [3.63, 3.8) is 0 Å². The van der Waals surface area contributed by atoms with Crippen molar-refractivity contribution in [3.05, 3.63) is 27.2 Å². The highest BCUT2D eigenvalue weighted by Gasteiger charge is 2.36. The Morgan fingerprint density at radius 2 is 2.00 bits per heavy atom. The van der Waals surface area contributed by atoms with Gasteiger partial charge in [0.1, 0.15) is 4.90 Å². The number of hydrogen-bond donors (Lipinski definition) is 1. The minimum absolute atomic E-state index is 0.0644. The summed E-state index contributed by atoms with van der Waals surface area (Å²) in [6.07, 6.45) is 2.36. The van der Waals surface area contributed by atoms with Crippen LogP contribution in [0.15, 0.2) is 11.0 Å². The number of aliphatic hydroxyl groups excluding tert-OH is 1. The lowest BCUT2D eigenvalue weighted by Crippen LogP contribution is -2.45. The average molecular weight is 352 g/mol.